The zero-order chi connectivity index (χ0) is 22.2. The van der Waals surface area contributed by atoms with Crippen LogP contribution in [0.5, 0.6) is 0 Å². The minimum Gasteiger partial charge on any atom is -0.456 e. The first-order chi connectivity index (χ1) is 14.1. The molecule has 1 spiro atoms. The molecular weight excluding hydrogens is 384 g/mol. The van der Waals surface area contributed by atoms with Crippen LogP contribution in [0.15, 0.2) is 6.07 Å². The molecule has 2 atom stereocenters. The number of hydrogen-bond donors (Lipinski definition) is 1. The van der Waals surface area contributed by atoms with Gasteiger partial charge in [-0.3, -0.25) is 19.3 Å². The van der Waals surface area contributed by atoms with E-state index in [0.29, 0.717) is 12.0 Å². The van der Waals surface area contributed by atoms with Gasteiger partial charge in [0, 0.05) is 5.56 Å². The summed E-state index contributed by atoms with van der Waals surface area (Å²) in [6.45, 7) is 8.71. The van der Waals surface area contributed by atoms with Gasteiger partial charge in [-0.25, -0.2) is 4.79 Å². The van der Waals surface area contributed by atoms with E-state index in [0.717, 1.165) is 46.4 Å². The first-order valence-corrected chi connectivity index (χ1v) is 10.5. The number of carbonyl (C=O) groups excluding carboxylic acids is 4. The summed E-state index contributed by atoms with van der Waals surface area (Å²) in [5.41, 5.74) is 3.47. The quantitative estimate of drug-likeness (QED) is 0.454. The van der Waals surface area contributed by atoms with E-state index < -0.39 is 30.7 Å². The summed E-state index contributed by atoms with van der Waals surface area (Å²) in [5.74, 6) is -1.42. The molecule has 1 aromatic carbocycles. The minimum atomic E-state index is -0.918. The molecule has 162 valence electrons. The number of benzene rings is 1. The lowest BCUT2D eigenvalue weighted by Crippen LogP contribution is -2.54. The van der Waals surface area contributed by atoms with Gasteiger partial charge in [-0.2, -0.15) is 0 Å². The average molecular weight is 415 g/mol. The molecule has 0 aromatic heterocycles. The van der Waals surface area contributed by atoms with Crippen LogP contribution < -0.4 is 5.32 Å². The van der Waals surface area contributed by atoms with Crippen molar-refractivity contribution >= 4 is 23.7 Å². The molecule has 1 aliphatic carbocycles. The zero-order valence-corrected chi connectivity index (χ0v) is 18.4. The van der Waals surface area contributed by atoms with Gasteiger partial charge >= 0.3 is 12.0 Å². The second-order valence-corrected chi connectivity index (χ2v) is 8.66. The molecule has 3 rings (SSSR count). The van der Waals surface area contributed by atoms with Gasteiger partial charge in [-0.1, -0.05) is 25.8 Å². The first-order valence-electron chi connectivity index (χ1n) is 10.5. The molecule has 1 N–H and O–H groups in total. The fraction of sp³-hybridized carbons (Fsp3) is 0.565. The third kappa shape index (κ3) is 3.73. The number of carbonyl (C=O) groups is 4. The van der Waals surface area contributed by atoms with E-state index in [9.17, 15) is 19.2 Å². The number of esters is 1. The highest BCUT2D eigenvalue weighted by Gasteiger charge is 2.55. The van der Waals surface area contributed by atoms with Gasteiger partial charge in [-0.05, 0) is 68.7 Å². The summed E-state index contributed by atoms with van der Waals surface area (Å²) < 4.78 is 5.14. The van der Waals surface area contributed by atoms with Gasteiger partial charge in [0.1, 0.15) is 12.1 Å². The molecule has 0 radical (unpaired) electrons. The third-order valence-electron chi connectivity index (χ3n) is 6.79. The monoisotopic (exact) mass is 414 g/mol. The molecule has 0 bridgehead atoms. The molecule has 1 saturated carbocycles. The summed E-state index contributed by atoms with van der Waals surface area (Å²) in [4.78, 5) is 51.2. The Kier molecular flexibility index (Phi) is 6.01. The predicted octanol–water partition coefficient (Wildman–Crippen LogP) is 3.15. The summed E-state index contributed by atoms with van der Waals surface area (Å²) in [7, 11) is 0. The number of imide groups is 1. The van der Waals surface area contributed by atoms with Crippen molar-refractivity contribution in [2.75, 3.05) is 13.2 Å². The van der Waals surface area contributed by atoms with E-state index >= 15 is 0 Å². The second kappa shape index (κ2) is 8.20. The van der Waals surface area contributed by atoms with E-state index in [2.05, 4.69) is 5.32 Å². The normalized spacial score (nSPS) is 23.6. The minimum absolute atomic E-state index is 0.0148. The Morgan fingerprint density at radius 1 is 1.13 bits per heavy atom. The molecular formula is C23H30N2O5. The molecule has 3 amide bonds. The Hall–Kier alpha value is -2.70. The molecule has 1 heterocycles. The van der Waals surface area contributed by atoms with Crippen molar-refractivity contribution in [2.45, 2.75) is 65.8 Å². The number of urea groups is 1. The van der Waals surface area contributed by atoms with Crippen molar-refractivity contribution in [1.29, 1.82) is 0 Å². The van der Waals surface area contributed by atoms with Crippen LogP contribution in [0.4, 0.5) is 4.79 Å². The summed E-state index contributed by atoms with van der Waals surface area (Å²) in [6, 6.07) is 1.37. The Balaban J connectivity index is 1.64. The number of aryl methyl sites for hydroxylation is 2. The SMILES string of the molecule is Cc1cc(C)c(C(=O)COC(=O)CN2C(=O)N[C@@]3(CCCC[C@@H]3C)C2=O)c(C)c1C. The van der Waals surface area contributed by atoms with Crippen molar-refractivity contribution in [2.24, 2.45) is 5.92 Å². The molecule has 0 unspecified atom stereocenters. The lowest BCUT2D eigenvalue weighted by molar-refractivity contribution is -0.147. The molecule has 30 heavy (non-hydrogen) atoms. The van der Waals surface area contributed by atoms with Crippen LogP contribution in [0.1, 0.15) is 65.2 Å². The largest absolute Gasteiger partial charge is 0.456 e. The van der Waals surface area contributed by atoms with Crippen molar-refractivity contribution < 1.29 is 23.9 Å². The van der Waals surface area contributed by atoms with E-state index in [1.165, 1.54) is 0 Å². The molecule has 2 fully saturated rings. The van der Waals surface area contributed by atoms with Crippen LogP contribution in [-0.4, -0.2) is 47.3 Å². The van der Waals surface area contributed by atoms with Crippen LogP contribution >= 0.6 is 0 Å². The highest BCUT2D eigenvalue weighted by molar-refractivity contribution is 6.09. The van der Waals surface area contributed by atoms with E-state index in [4.69, 9.17) is 4.74 Å². The molecule has 1 saturated heterocycles. The van der Waals surface area contributed by atoms with Crippen molar-refractivity contribution in [1.82, 2.24) is 10.2 Å². The van der Waals surface area contributed by atoms with Gasteiger partial charge in [0.2, 0.25) is 5.78 Å². The number of nitrogens with zero attached hydrogens (tertiary/aromatic N) is 1. The zero-order valence-electron chi connectivity index (χ0n) is 18.4. The smallest absolute Gasteiger partial charge is 0.326 e. The summed E-state index contributed by atoms with van der Waals surface area (Å²) >= 11 is 0. The Bertz CT molecular complexity index is 923. The van der Waals surface area contributed by atoms with Crippen molar-refractivity contribution in [3.05, 3.63) is 33.9 Å². The standard InChI is InChI=1S/C23H30N2O5/c1-13-10-14(2)20(17(5)16(13)4)18(26)12-30-19(27)11-25-21(28)23(24-22(25)29)9-7-6-8-15(23)3/h10,15H,6-9,11-12H2,1-5H3,(H,24,29)/t15-,23+/m0/s1. The lowest BCUT2D eigenvalue weighted by atomic mass is 9.73. The fourth-order valence-electron chi connectivity index (χ4n) is 4.75. The lowest BCUT2D eigenvalue weighted by Gasteiger charge is -2.36. The van der Waals surface area contributed by atoms with Gasteiger partial charge in [0.25, 0.3) is 5.91 Å². The van der Waals surface area contributed by atoms with Crippen LogP contribution in [0, 0.1) is 33.6 Å². The Morgan fingerprint density at radius 3 is 2.50 bits per heavy atom. The van der Waals surface area contributed by atoms with E-state index in [1.54, 1.807) is 0 Å². The Morgan fingerprint density at radius 2 is 1.83 bits per heavy atom. The fourth-order valence-corrected chi connectivity index (χ4v) is 4.75. The molecule has 1 aromatic rings. The van der Waals surface area contributed by atoms with Crippen molar-refractivity contribution in [3.63, 3.8) is 0 Å². The predicted molar refractivity (Wildman–Crippen MR) is 111 cm³/mol. The second-order valence-electron chi connectivity index (χ2n) is 8.66. The highest BCUT2D eigenvalue weighted by Crippen LogP contribution is 2.38. The maximum atomic E-state index is 12.9. The number of hydrogen-bond acceptors (Lipinski definition) is 5. The van der Waals surface area contributed by atoms with Crippen LogP contribution in [-0.2, 0) is 14.3 Å². The summed E-state index contributed by atoms with van der Waals surface area (Å²) in [6.07, 6.45) is 3.31. The number of ether oxygens (including phenoxy) is 1. The van der Waals surface area contributed by atoms with Gasteiger partial charge in [-0.15, -0.1) is 0 Å². The maximum absolute atomic E-state index is 12.9. The molecule has 1 aliphatic heterocycles. The van der Waals surface area contributed by atoms with E-state index in [1.807, 2.05) is 40.7 Å². The number of Topliss-reactive ketones (excluding diaryl/α,β-unsaturated/α-hetero) is 1. The number of amides is 3. The number of nitrogens with one attached hydrogen (secondary N) is 1. The molecule has 2 aliphatic rings. The van der Waals surface area contributed by atoms with Crippen LogP contribution in [0.2, 0.25) is 0 Å². The highest BCUT2D eigenvalue weighted by atomic mass is 16.5. The number of ketones is 1. The van der Waals surface area contributed by atoms with Crippen LogP contribution in [0.25, 0.3) is 0 Å². The van der Waals surface area contributed by atoms with Crippen LogP contribution in [0.3, 0.4) is 0 Å². The average Bonchev–Trinajstić information content (AvgIpc) is 2.92. The topological polar surface area (TPSA) is 92.8 Å². The first kappa shape index (κ1) is 22.0. The van der Waals surface area contributed by atoms with Gasteiger partial charge in [0.05, 0.1) is 0 Å². The maximum Gasteiger partial charge on any atom is 0.326 e. The number of rotatable bonds is 5. The van der Waals surface area contributed by atoms with Gasteiger partial charge in [0.15, 0.2) is 6.61 Å². The van der Waals surface area contributed by atoms with Crippen molar-refractivity contribution in [3.8, 4) is 0 Å². The molecule has 7 heteroatoms. The summed E-state index contributed by atoms with van der Waals surface area (Å²) in [5, 5.41) is 2.80. The van der Waals surface area contributed by atoms with Gasteiger partial charge < -0.3 is 10.1 Å². The Labute approximate surface area is 177 Å². The molecule has 7 nitrogen and oxygen atoms in total. The van der Waals surface area contributed by atoms with E-state index in [-0.39, 0.29) is 17.6 Å². The third-order valence-corrected chi connectivity index (χ3v) is 6.79.